The minimum Gasteiger partial charge on any atom is -0.383 e. The third-order valence-electron chi connectivity index (χ3n) is 3.97. The molecular formula is C12H24N4O. The Labute approximate surface area is 103 Å². The van der Waals surface area contributed by atoms with Crippen LogP contribution in [0.15, 0.2) is 4.99 Å². The molecule has 0 spiro atoms. The summed E-state index contributed by atoms with van der Waals surface area (Å²) in [5.74, 6) is 7.29. The van der Waals surface area contributed by atoms with E-state index in [9.17, 15) is 0 Å². The average Bonchev–Trinajstić information content (AvgIpc) is 2.79. The fraction of sp³-hybridized carbons (Fsp3) is 0.917. The maximum atomic E-state index is 5.59. The fourth-order valence-corrected chi connectivity index (χ4v) is 3.13. The quantitative estimate of drug-likeness (QED) is 0.251. The van der Waals surface area contributed by atoms with Crippen molar-refractivity contribution >= 4 is 5.96 Å². The second-order valence-corrected chi connectivity index (χ2v) is 4.94. The fourth-order valence-electron chi connectivity index (χ4n) is 3.13. The van der Waals surface area contributed by atoms with E-state index in [1.807, 2.05) is 0 Å². The van der Waals surface area contributed by atoms with Crippen LogP contribution in [0.5, 0.6) is 0 Å². The largest absolute Gasteiger partial charge is 0.383 e. The molecule has 3 N–H and O–H groups in total. The number of hydrazine groups is 1. The highest BCUT2D eigenvalue weighted by molar-refractivity contribution is 5.80. The summed E-state index contributed by atoms with van der Waals surface area (Å²) in [4.78, 5) is 6.85. The van der Waals surface area contributed by atoms with Crippen LogP contribution in [-0.2, 0) is 4.74 Å². The van der Waals surface area contributed by atoms with E-state index in [1.165, 1.54) is 32.1 Å². The zero-order valence-electron chi connectivity index (χ0n) is 10.7. The molecule has 0 amide bonds. The number of likely N-dealkylation sites (tertiary alicyclic amines) is 1. The Balaban J connectivity index is 1.97. The van der Waals surface area contributed by atoms with Gasteiger partial charge in [-0.15, -0.1) is 0 Å². The van der Waals surface area contributed by atoms with Crippen molar-refractivity contribution in [1.29, 1.82) is 0 Å². The van der Waals surface area contributed by atoms with Crippen molar-refractivity contribution in [2.75, 3.05) is 26.8 Å². The van der Waals surface area contributed by atoms with Crippen LogP contribution in [0, 0.1) is 5.92 Å². The molecule has 2 atom stereocenters. The predicted molar refractivity (Wildman–Crippen MR) is 68.6 cm³/mol. The summed E-state index contributed by atoms with van der Waals surface area (Å²) in [6, 6.07) is 0.654. The molecule has 5 heteroatoms. The molecule has 0 bridgehead atoms. The molecular weight excluding hydrogens is 216 g/mol. The highest BCUT2D eigenvalue weighted by atomic mass is 16.5. The molecule has 1 aliphatic carbocycles. The van der Waals surface area contributed by atoms with Crippen LogP contribution in [0.4, 0.5) is 0 Å². The Kier molecular flexibility index (Phi) is 4.62. The number of ether oxygens (including phenoxy) is 1. The van der Waals surface area contributed by atoms with Crippen LogP contribution in [0.1, 0.15) is 32.1 Å². The molecule has 2 aliphatic rings. The first-order valence-electron chi connectivity index (χ1n) is 6.63. The number of fused-ring (bicyclic) bond motifs is 1. The Hall–Kier alpha value is -0.810. The summed E-state index contributed by atoms with van der Waals surface area (Å²) < 4.78 is 5.01. The summed E-state index contributed by atoms with van der Waals surface area (Å²) in [6.45, 7) is 2.41. The molecule has 1 aliphatic heterocycles. The van der Waals surface area contributed by atoms with Crippen LogP contribution >= 0.6 is 0 Å². The van der Waals surface area contributed by atoms with Gasteiger partial charge in [-0.25, -0.2) is 10.8 Å². The lowest BCUT2D eigenvalue weighted by Gasteiger charge is -2.33. The van der Waals surface area contributed by atoms with E-state index in [1.54, 1.807) is 7.11 Å². The van der Waals surface area contributed by atoms with Crippen molar-refractivity contribution < 1.29 is 4.74 Å². The third kappa shape index (κ3) is 2.90. The van der Waals surface area contributed by atoms with Crippen LogP contribution in [0.3, 0.4) is 0 Å². The van der Waals surface area contributed by atoms with E-state index in [-0.39, 0.29) is 0 Å². The number of nitrogens with two attached hydrogens (primary N) is 1. The van der Waals surface area contributed by atoms with Gasteiger partial charge in [0.15, 0.2) is 0 Å². The zero-order chi connectivity index (χ0) is 12.1. The van der Waals surface area contributed by atoms with E-state index in [0.29, 0.717) is 19.2 Å². The van der Waals surface area contributed by atoms with Gasteiger partial charge in [0.05, 0.1) is 13.2 Å². The minimum absolute atomic E-state index is 0.646. The number of methoxy groups -OCH3 is 1. The maximum absolute atomic E-state index is 5.59. The Morgan fingerprint density at radius 2 is 2.24 bits per heavy atom. The lowest BCUT2D eigenvalue weighted by Crippen LogP contribution is -2.48. The summed E-state index contributed by atoms with van der Waals surface area (Å²) in [5, 5.41) is 0. The highest BCUT2D eigenvalue weighted by Gasteiger charge is 2.36. The summed E-state index contributed by atoms with van der Waals surface area (Å²) in [6.07, 6.45) is 6.68. The number of guanidine groups is 1. The summed E-state index contributed by atoms with van der Waals surface area (Å²) in [5.41, 5.74) is 2.76. The standard InChI is InChI=1S/C12H24N4O/c1-17-9-7-14-12(15-13)16-8-6-10-4-2-3-5-11(10)16/h10-11H,2-9,13H2,1H3,(H,14,15). The molecule has 1 saturated heterocycles. The van der Waals surface area contributed by atoms with Crippen LogP contribution in [0.25, 0.3) is 0 Å². The number of aliphatic imine (C=N–C) groups is 1. The Morgan fingerprint density at radius 1 is 1.41 bits per heavy atom. The average molecular weight is 240 g/mol. The van der Waals surface area contributed by atoms with Gasteiger partial charge in [-0.05, 0) is 25.2 Å². The van der Waals surface area contributed by atoms with Crippen molar-refractivity contribution in [3.63, 3.8) is 0 Å². The first-order valence-corrected chi connectivity index (χ1v) is 6.63. The number of hydrogen-bond acceptors (Lipinski definition) is 3. The van der Waals surface area contributed by atoms with Gasteiger partial charge in [0, 0.05) is 19.7 Å². The topological polar surface area (TPSA) is 62.9 Å². The van der Waals surface area contributed by atoms with Crippen molar-refractivity contribution in [3.8, 4) is 0 Å². The van der Waals surface area contributed by atoms with Crippen LogP contribution in [0.2, 0.25) is 0 Å². The third-order valence-corrected chi connectivity index (χ3v) is 3.97. The molecule has 0 aromatic heterocycles. The molecule has 2 fully saturated rings. The molecule has 2 rings (SSSR count). The van der Waals surface area contributed by atoms with Gasteiger partial charge in [0.1, 0.15) is 0 Å². The van der Waals surface area contributed by atoms with Crippen LogP contribution in [-0.4, -0.2) is 43.7 Å². The smallest absolute Gasteiger partial charge is 0.208 e. The van der Waals surface area contributed by atoms with E-state index in [0.717, 1.165) is 18.4 Å². The van der Waals surface area contributed by atoms with E-state index < -0.39 is 0 Å². The summed E-state index contributed by atoms with van der Waals surface area (Å²) >= 11 is 0. The second-order valence-electron chi connectivity index (χ2n) is 4.94. The number of nitrogens with one attached hydrogen (secondary N) is 1. The maximum Gasteiger partial charge on any atom is 0.208 e. The molecule has 1 saturated carbocycles. The van der Waals surface area contributed by atoms with Gasteiger partial charge in [0.25, 0.3) is 0 Å². The van der Waals surface area contributed by atoms with Crippen LogP contribution < -0.4 is 11.3 Å². The lowest BCUT2D eigenvalue weighted by atomic mass is 9.85. The second kappa shape index (κ2) is 6.21. The van der Waals surface area contributed by atoms with Gasteiger partial charge in [0.2, 0.25) is 5.96 Å². The number of hydrogen-bond donors (Lipinski definition) is 2. The first kappa shape index (κ1) is 12.6. The minimum atomic E-state index is 0.646. The lowest BCUT2D eigenvalue weighted by molar-refractivity contribution is 0.206. The Bertz CT molecular complexity index is 269. The number of nitrogens with zero attached hydrogens (tertiary/aromatic N) is 2. The van der Waals surface area contributed by atoms with E-state index in [4.69, 9.17) is 10.6 Å². The van der Waals surface area contributed by atoms with Gasteiger partial charge < -0.3 is 9.64 Å². The van der Waals surface area contributed by atoms with Gasteiger partial charge in [-0.3, -0.25) is 5.43 Å². The zero-order valence-corrected chi connectivity index (χ0v) is 10.7. The summed E-state index contributed by atoms with van der Waals surface area (Å²) in [7, 11) is 1.69. The molecule has 0 aromatic rings. The molecule has 2 unspecified atom stereocenters. The van der Waals surface area contributed by atoms with Crippen molar-refractivity contribution in [2.24, 2.45) is 16.8 Å². The molecule has 98 valence electrons. The molecule has 0 radical (unpaired) electrons. The predicted octanol–water partition coefficient (Wildman–Crippen LogP) is 0.717. The van der Waals surface area contributed by atoms with Crippen molar-refractivity contribution in [2.45, 2.75) is 38.1 Å². The van der Waals surface area contributed by atoms with E-state index >= 15 is 0 Å². The Morgan fingerprint density at radius 3 is 3.00 bits per heavy atom. The van der Waals surface area contributed by atoms with E-state index in [2.05, 4.69) is 15.3 Å². The molecule has 0 aromatic carbocycles. The monoisotopic (exact) mass is 240 g/mol. The van der Waals surface area contributed by atoms with Gasteiger partial charge >= 0.3 is 0 Å². The molecule has 1 heterocycles. The molecule has 5 nitrogen and oxygen atoms in total. The number of rotatable bonds is 3. The van der Waals surface area contributed by atoms with Gasteiger partial charge in [-0.1, -0.05) is 12.8 Å². The highest BCUT2D eigenvalue weighted by Crippen LogP contribution is 2.35. The first-order chi connectivity index (χ1) is 8.36. The SMILES string of the molecule is COCCN=C(NN)N1CCC2CCCCC21. The molecule has 17 heavy (non-hydrogen) atoms. The normalized spacial score (nSPS) is 29.3. The van der Waals surface area contributed by atoms with Crippen molar-refractivity contribution in [1.82, 2.24) is 10.3 Å². The van der Waals surface area contributed by atoms with Crippen molar-refractivity contribution in [3.05, 3.63) is 0 Å². The van der Waals surface area contributed by atoms with Gasteiger partial charge in [-0.2, -0.15) is 0 Å².